The third-order valence-corrected chi connectivity index (χ3v) is 9.32. The minimum absolute atomic E-state index is 0.000164. The van der Waals surface area contributed by atoms with Crippen molar-refractivity contribution in [3.05, 3.63) is 208 Å². The molecule has 19 nitrogen and oxygen atoms in total. The van der Waals surface area contributed by atoms with E-state index in [1.54, 1.807) is 103 Å². The van der Waals surface area contributed by atoms with E-state index in [1.165, 1.54) is 62.8 Å². The molecule has 24 heteroatoms. The highest BCUT2D eigenvalue weighted by Crippen LogP contribution is 2.24. The number of nitrogens with zero attached hydrogens (tertiary/aromatic N) is 11. The molecule has 1 amide bonds. The molecule has 1 unspecified atom stereocenters. The fourth-order valence-electron chi connectivity index (χ4n) is 4.61. The number of methoxy groups -OCH3 is 1. The number of ether oxygens (including phenoxy) is 1. The quantitative estimate of drug-likeness (QED) is 0.0440. The van der Waals surface area contributed by atoms with Crippen LogP contribution in [0.2, 0.25) is 20.4 Å². The van der Waals surface area contributed by atoms with E-state index < -0.39 is 5.97 Å². The number of hydrogen-bond acceptors (Lipinski definition) is 18. The Kier molecular flexibility index (Phi) is 25.3. The summed E-state index contributed by atoms with van der Waals surface area (Å²) in [6, 6.07) is 26.9. The molecule has 368 valence electrons. The van der Waals surface area contributed by atoms with E-state index in [2.05, 4.69) is 74.4 Å². The second-order valence-electron chi connectivity index (χ2n) is 14.3. The first kappa shape index (κ1) is 58.3. The van der Waals surface area contributed by atoms with Gasteiger partial charge in [-0.2, -0.15) is 5.26 Å². The fourth-order valence-corrected chi connectivity index (χ4v) is 5.45. The Balaban J connectivity index is 0.000000234. The summed E-state index contributed by atoms with van der Waals surface area (Å²) in [6.45, 7) is 5.62. The number of amides is 1. The Morgan fingerprint density at radius 1 is 0.583 bits per heavy atom. The zero-order valence-corrected chi connectivity index (χ0v) is 42.7. The minimum atomic E-state index is -0.513. The number of benzene rings is 3. The highest BCUT2D eigenvalue weighted by Gasteiger charge is 2.21. The number of esters is 1. The lowest BCUT2D eigenvalue weighted by molar-refractivity contribution is -0.123. The number of nitrogens with two attached hydrogens (primary N) is 1. The van der Waals surface area contributed by atoms with Crippen molar-refractivity contribution in [2.24, 2.45) is 5.41 Å². The molecule has 0 aliphatic heterocycles. The molecule has 0 saturated heterocycles. The number of nitriles is 1. The number of anilines is 3. The molecule has 0 aliphatic rings. The number of ketones is 2. The van der Waals surface area contributed by atoms with E-state index in [-0.39, 0.29) is 46.2 Å². The second kappa shape index (κ2) is 31.3. The molecule has 0 aliphatic carbocycles. The van der Waals surface area contributed by atoms with Crippen molar-refractivity contribution in [2.75, 3.05) is 23.2 Å². The average molecular weight is 1070 g/mol. The molecular formula is C48H43Cl4N14O5P. The van der Waals surface area contributed by atoms with Gasteiger partial charge in [0.2, 0.25) is 46.1 Å². The fraction of sp³-hybridized carbons (Fsp3) is 0.104. The molecule has 3 aromatic carbocycles. The average Bonchev–Trinajstić information content (AvgIpc) is 3.41. The van der Waals surface area contributed by atoms with Crippen molar-refractivity contribution in [3.8, 4) is 6.07 Å². The molecule has 0 spiro atoms. The van der Waals surface area contributed by atoms with Crippen LogP contribution in [0.25, 0.3) is 0 Å². The Labute approximate surface area is 436 Å². The van der Waals surface area contributed by atoms with Crippen molar-refractivity contribution < 1.29 is 23.9 Å². The van der Waals surface area contributed by atoms with Crippen LogP contribution in [0.15, 0.2) is 153 Å². The normalized spacial score (nSPS) is 9.72. The van der Waals surface area contributed by atoms with Crippen LogP contribution >= 0.6 is 55.8 Å². The summed E-state index contributed by atoms with van der Waals surface area (Å²) in [6.07, 6.45) is 15.3. The van der Waals surface area contributed by atoms with Crippen LogP contribution in [0.4, 0.5) is 17.1 Å². The lowest BCUT2D eigenvalue weighted by Crippen LogP contribution is -2.27. The van der Waals surface area contributed by atoms with E-state index in [1.807, 2.05) is 20.8 Å². The lowest BCUT2D eigenvalue weighted by atomic mass is 9.95. The third kappa shape index (κ3) is 21.3. The Bertz CT molecular complexity index is 2990. The van der Waals surface area contributed by atoms with Crippen molar-refractivity contribution in [2.45, 2.75) is 20.8 Å². The molecular weight excluding hydrogens is 1030 g/mol. The molecule has 4 N–H and O–H groups in total. The van der Waals surface area contributed by atoms with Gasteiger partial charge in [-0.1, -0.05) is 55.6 Å². The largest absolute Gasteiger partial charge is 0.463 e. The number of nitrogens with one attached hydrogen (secondary N) is 2. The number of hydrogen-bond donors (Lipinski definition) is 3. The topological polar surface area (TPSA) is 280 Å². The Morgan fingerprint density at radius 2 is 0.986 bits per heavy atom. The molecule has 0 fully saturated rings. The van der Waals surface area contributed by atoms with E-state index >= 15 is 0 Å². The number of carbonyl (C=O) groups is 4. The number of nitrogen functional groups attached to an aromatic ring is 1. The molecule has 0 saturated carbocycles. The molecule has 1 atom stereocenters. The summed E-state index contributed by atoms with van der Waals surface area (Å²) in [5, 5.41) is 15.7. The smallest absolute Gasteiger partial charge is 0.376 e. The molecule has 5 aromatic heterocycles. The maximum absolute atomic E-state index is 12.1. The van der Waals surface area contributed by atoms with Crippen molar-refractivity contribution >= 4 is 96.3 Å². The third-order valence-electron chi connectivity index (χ3n) is 8.10. The van der Waals surface area contributed by atoms with E-state index in [0.717, 1.165) is 5.69 Å². The van der Waals surface area contributed by atoms with Gasteiger partial charge in [0.05, 0.1) is 18.2 Å². The van der Waals surface area contributed by atoms with Gasteiger partial charge in [0.15, 0.2) is 0 Å². The van der Waals surface area contributed by atoms with Gasteiger partial charge in [-0.15, -0.1) is 0 Å². The number of carbonyl (C=O) groups excluding carboxylic acids is 4. The van der Waals surface area contributed by atoms with Gasteiger partial charge in [0, 0.05) is 99.5 Å². The van der Waals surface area contributed by atoms with Gasteiger partial charge in [0.1, 0.15) is 6.07 Å². The van der Waals surface area contributed by atoms with E-state index in [0.29, 0.717) is 42.9 Å². The van der Waals surface area contributed by atoms with Gasteiger partial charge in [-0.05, 0) is 112 Å². The maximum atomic E-state index is 12.1. The summed E-state index contributed by atoms with van der Waals surface area (Å²) in [5.74, 6) is -0.552. The summed E-state index contributed by atoms with van der Waals surface area (Å²) in [7, 11) is 3.63. The van der Waals surface area contributed by atoms with Gasteiger partial charge in [-0.25, -0.2) is 54.6 Å². The van der Waals surface area contributed by atoms with Crippen LogP contribution < -0.4 is 16.1 Å². The second-order valence-corrected chi connectivity index (χ2v) is 16.3. The van der Waals surface area contributed by atoms with Crippen molar-refractivity contribution in [3.63, 3.8) is 0 Å². The van der Waals surface area contributed by atoms with Crippen LogP contribution in [0.3, 0.4) is 0 Å². The first-order valence-electron chi connectivity index (χ1n) is 20.4. The Hall–Kier alpha value is -7.98. The SMILES string of the molecule is CC(C)(C)C(=O)Nc1ccc(Cl)cc1.COC(=O)c1ncccn1.Clc1ncccn1.N#Cc1ncccn1.Nc1ccc(Cl)cc1C(=O)c1ncccn1.O=C(c1ncccn1)c1cc(Cl)ccc1NP. The van der Waals surface area contributed by atoms with E-state index in [9.17, 15) is 19.2 Å². The number of aromatic nitrogens is 10. The highest BCUT2D eigenvalue weighted by molar-refractivity contribution is 7.18. The number of rotatable bonds is 7. The predicted molar refractivity (Wildman–Crippen MR) is 278 cm³/mol. The van der Waals surface area contributed by atoms with Crippen LogP contribution in [-0.2, 0) is 9.53 Å². The molecule has 72 heavy (non-hydrogen) atoms. The van der Waals surface area contributed by atoms with Crippen LogP contribution in [-0.4, -0.2) is 80.4 Å². The monoisotopic (exact) mass is 1070 g/mol. The minimum Gasteiger partial charge on any atom is -0.463 e. The molecule has 8 aromatic rings. The van der Waals surface area contributed by atoms with Gasteiger partial charge in [0.25, 0.3) is 0 Å². The van der Waals surface area contributed by atoms with Crippen LogP contribution in [0.1, 0.15) is 69.6 Å². The van der Waals surface area contributed by atoms with Gasteiger partial charge < -0.3 is 20.9 Å². The van der Waals surface area contributed by atoms with Gasteiger partial charge >= 0.3 is 5.97 Å². The molecule has 5 heterocycles. The first-order chi connectivity index (χ1) is 34.5. The summed E-state index contributed by atoms with van der Waals surface area (Å²) < 4.78 is 4.37. The number of halogens is 4. The van der Waals surface area contributed by atoms with E-state index in [4.69, 9.17) is 57.4 Å². The maximum Gasteiger partial charge on any atom is 0.376 e. The predicted octanol–water partition coefficient (Wildman–Crippen LogP) is 9.57. The van der Waals surface area contributed by atoms with Crippen LogP contribution in [0.5, 0.6) is 0 Å². The zero-order valence-electron chi connectivity index (χ0n) is 38.6. The summed E-state index contributed by atoms with van der Waals surface area (Å²) in [4.78, 5) is 83.8. The zero-order chi connectivity index (χ0) is 52.9. The lowest BCUT2D eigenvalue weighted by Gasteiger charge is -2.17. The van der Waals surface area contributed by atoms with Gasteiger partial charge in [-0.3, -0.25) is 14.4 Å². The highest BCUT2D eigenvalue weighted by atomic mass is 35.5. The van der Waals surface area contributed by atoms with Crippen molar-refractivity contribution in [1.29, 1.82) is 5.26 Å². The standard InChI is InChI=1S/C11H9ClN3OP.C11H8ClN3O.C11H14ClNO.C6H6N2O2.C5H3N3.C4H3ClN2/c12-7-2-3-9(15-17)8(6-7)10(16)11-13-4-1-5-14-11;12-7-2-3-9(13)8(6-7)10(16)11-14-4-1-5-15-11;1-11(2,3)10(14)13-9-6-4-8(12)5-7-9;1-10-6(9)5-7-3-2-4-8-5;6-4-5-7-2-1-3-8-5;5-4-6-2-1-3-7-4/h1-6,15H,17H2;1-6H,13H2;4-7H,1-3H3,(H,13,14);2-4H,1H3;1-3H;1-3H. The molecule has 0 bridgehead atoms. The summed E-state index contributed by atoms with van der Waals surface area (Å²) >= 11 is 22.7. The van der Waals surface area contributed by atoms with Crippen molar-refractivity contribution in [1.82, 2.24) is 49.8 Å². The summed E-state index contributed by atoms with van der Waals surface area (Å²) in [5.41, 5.74) is 7.88. The van der Waals surface area contributed by atoms with Crippen LogP contribution in [0, 0.1) is 16.7 Å². The molecule has 8 rings (SSSR count). The Morgan fingerprint density at radius 3 is 1.39 bits per heavy atom. The first-order valence-corrected chi connectivity index (χ1v) is 22.5. The molecule has 0 radical (unpaired) electrons.